The van der Waals surface area contributed by atoms with Crippen LogP contribution in [0.25, 0.3) is 12.2 Å². The molecule has 2 rings (SSSR count). The smallest absolute Gasteiger partial charge is 0.0708 e. The average molecular weight is 155 g/mol. The van der Waals surface area contributed by atoms with Crippen LogP contribution in [0.4, 0.5) is 0 Å². The number of aromatic nitrogens is 1. The summed E-state index contributed by atoms with van der Waals surface area (Å²) in [4.78, 5) is 4.30. The van der Waals surface area contributed by atoms with Crippen LogP contribution in [0.2, 0.25) is 0 Å². The summed E-state index contributed by atoms with van der Waals surface area (Å²) in [5.41, 5.74) is 6.39. The molecule has 0 aromatic carbocycles. The molecule has 0 N–H and O–H groups in total. The van der Waals surface area contributed by atoms with E-state index in [0.29, 0.717) is 0 Å². The molecule has 1 nitrogen and oxygen atoms in total. The summed E-state index contributed by atoms with van der Waals surface area (Å²) in [7, 11) is 0. The average Bonchev–Trinajstić information content (AvgIpc) is 2.28. The Morgan fingerprint density at radius 3 is 3.25 bits per heavy atom. The number of pyridine rings is 1. The fraction of sp³-hybridized carbons (Fsp3) is 0.0909. The molecule has 0 fully saturated rings. The third-order valence-electron chi connectivity index (χ3n) is 1.77. The maximum atomic E-state index is 4.30. The van der Waals surface area contributed by atoms with Gasteiger partial charge in [-0.2, -0.15) is 0 Å². The van der Waals surface area contributed by atoms with E-state index in [1.165, 1.54) is 5.56 Å². The zero-order valence-corrected chi connectivity index (χ0v) is 6.91. The minimum atomic E-state index is 1.02. The van der Waals surface area contributed by atoms with Gasteiger partial charge >= 0.3 is 0 Å². The second-order valence-corrected chi connectivity index (χ2v) is 2.82. The van der Waals surface area contributed by atoms with Crippen molar-refractivity contribution in [1.82, 2.24) is 4.98 Å². The zero-order chi connectivity index (χ0) is 8.39. The van der Waals surface area contributed by atoms with Crippen molar-refractivity contribution in [2.24, 2.45) is 0 Å². The third kappa shape index (κ3) is 1.23. The predicted octanol–water partition coefficient (Wildman–Crippen LogP) is 2.59. The van der Waals surface area contributed by atoms with Gasteiger partial charge in [0.15, 0.2) is 0 Å². The Bertz CT molecular complexity index is 393. The summed E-state index contributed by atoms with van der Waals surface area (Å²) in [6, 6.07) is 2.11. The van der Waals surface area contributed by atoms with Gasteiger partial charge in [-0.1, -0.05) is 6.08 Å². The maximum absolute atomic E-state index is 4.30. The number of nitrogens with zero attached hydrogens (tertiary/aromatic N) is 1. The van der Waals surface area contributed by atoms with Crippen molar-refractivity contribution in [3.63, 3.8) is 0 Å². The first kappa shape index (κ1) is 7.08. The number of fused-ring (bicyclic) bond motifs is 1. The van der Waals surface area contributed by atoms with Gasteiger partial charge < -0.3 is 0 Å². The van der Waals surface area contributed by atoms with E-state index < -0.39 is 0 Å². The van der Waals surface area contributed by atoms with E-state index in [4.69, 9.17) is 0 Å². The van der Waals surface area contributed by atoms with Gasteiger partial charge in [-0.3, -0.25) is 4.98 Å². The van der Waals surface area contributed by atoms with Crippen LogP contribution in [0, 0.1) is 6.92 Å². The molecule has 1 aliphatic rings. The van der Waals surface area contributed by atoms with Crippen LogP contribution in [0.5, 0.6) is 0 Å². The normalized spacial score (nSPS) is 12.8. The minimum absolute atomic E-state index is 1.02. The lowest BCUT2D eigenvalue weighted by Gasteiger charge is -1.98. The fourth-order valence-electron chi connectivity index (χ4n) is 1.19. The summed E-state index contributed by atoms with van der Waals surface area (Å²) in [6.07, 6.45) is 9.66. The Kier molecular flexibility index (Phi) is 1.65. The Hall–Kier alpha value is -1.59. The summed E-state index contributed by atoms with van der Waals surface area (Å²) in [5.74, 6) is 0. The molecule has 1 aliphatic carbocycles. The Morgan fingerprint density at radius 2 is 2.33 bits per heavy atom. The van der Waals surface area contributed by atoms with Crippen LogP contribution in [0.1, 0.15) is 16.8 Å². The lowest BCUT2D eigenvalue weighted by Crippen LogP contribution is -1.86. The summed E-state index contributed by atoms with van der Waals surface area (Å²) >= 11 is 0. The van der Waals surface area contributed by atoms with Crippen LogP contribution in [0.15, 0.2) is 30.1 Å². The molecule has 1 heterocycles. The van der Waals surface area contributed by atoms with Crippen LogP contribution >= 0.6 is 0 Å². The van der Waals surface area contributed by atoms with Crippen LogP contribution < -0.4 is 0 Å². The van der Waals surface area contributed by atoms with Crippen LogP contribution in [0.3, 0.4) is 0 Å². The van der Waals surface area contributed by atoms with Gasteiger partial charge in [-0.05, 0) is 36.8 Å². The number of hydrogen-bond donors (Lipinski definition) is 0. The van der Waals surface area contributed by atoms with Crippen molar-refractivity contribution in [2.45, 2.75) is 6.92 Å². The Balaban J connectivity index is 2.66. The number of hydrogen-bond acceptors (Lipinski definition) is 1. The van der Waals surface area contributed by atoms with E-state index in [2.05, 4.69) is 16.8 Å². The summed E-state index contributed by atoms with van der Waals surface area (Å²) in [5, 5.41) is 0. The predicted molar refractivity (Wildman–Crippen MR) is 50.6 cm³/mol. The number of aryl methyl sites for hydroxylation is 1. The first-order valence-electron chi connectivity index (χ1n) is 3.92. The highest BCUT2D eigenvalue weighted by molar-refractivity contribution is 5.65. The topological polar surface area (TPSA) is 12.9 Å². The molecule has 0 atom stereocenters. The Morgan fingerprint density at radius 1 is 1.42 bits per heavy atom. The number of allylic oxidation sites excluding steroid dienone is 2. The Labute approximate surface area is 71.8 Å². The van der Waals surface area contributed by atoms with Crippen LogP contribution in [-0.4, -0.2) is 4.98 Å². The SMILES string of the molecule is Cc1cnc2c(c1)C=C=CC=C2. The van der Waals surface area contributed by atoms with E-state index in [1.807, 2.05) is 37.4 Å². The maximum Gasteiger partial charge on any atom is 0.0708 e. The third-order valence-corrected chi connectivity index (χ3v) is 1.77. The number of rotatable bonds is 0. The van der Waals surface area contributed by atoms with Gasteiger partial charge in [0.2, 0.25) is 0 Å². The summed E-state index contributed by atoms with van der Waals surface area (Å²) < 4.78 is 0. The molecule has 1 heteroatoms. The molecule has 0 saturated heterocycles. The van der Waals surface area contributed by atoms with Crippen molar-refractivity contribution < 1.29 is 0 Å². The molecular weight excluding hydrogens is 146 g/mol. The van der Waals surface area contributed by atoms with Gasteiger partial charge in [0.25, 0.3) is 0 Å². The molecule has 0 unspecified atom stereocenters. The van der Waals surface area contributed by atoms with Crippen molar-refractivity contribution in [3.05, 3.63) is 47.0 Å². The van der Waals surface area contributed by atoms with E-state index >= 15 is 0 Å². The summed E-state index contributed by atoms with van der Waals surface area (Å²) in [6.45, 7) is 2.04. The monoisotopic (exact) mass is 155 g/mol. The molecular formula is C11H9N. The van der Waals surface area contributed by atoms with Gasteiger partial charge in [0.05, 0.1) is 5.69 Å². The molecule has 0 aliphatic heterocycles. The molecule has 1 aromatic heterocycles. The lowest BCUT2D eigenvalue weighted by atomic mass is 10.1. The van der Waals surface area contributed by atoms with Crippen molar-refractivity contribution in [1.29, 1.82) is 0 Å². The lowest BCUT2D eigenvalue weighted by molar-refractivity contribution is 1.23. The highest BCUT2D eigenvalue weighted by Crippen LogP contribution is 2.13. The molecule has 12 heavy (non-hydrogen) atoms. The van der Waals surface area contributed by atoms with Crippen molar-refractivity contribution in [2.75, 3.05) is 0 Å². The highest BCUT2D eigenvalue weighted by Gasteiger charge is 1.98. The zero-order valence-electron chi connectivity index (χ0n) is 6.91. The molecule has 0 bridgehead atoms. The van der Waals surface area contributed by atoms with Gasteiger partial charge in [0.1, 0.15) is 0 Å². The standard InChI is InChI=1S/C11H9N/c1-9-7-10-5-3-2-4-6-11(10)12-8-9/h2,4-8H,1H3. The quantitative estimate of drug-likeness (QED) is 0.525. The van der Waals surface area contributed by atoms with Crippen molar-refractivity contribution >= 4 is 12.2 Å². The van der Waals surface area contributed by atoms with E-state index in [0.717, 1.165) is 11.3 Å². The van der Waals surface area contributed by atoms with Gasteiger partial charge in [0, 0.05) is 11.8 Å². The second kappa shape index (κ2) is 2.80. The largest absolute Gasteiger partial charge is 0.256 e. The molecule has 0 radical (unpaired) electrons. The fourth-order valence-corrected chi connectivity index (χ4v) is 1.19. The first-order valence-corrected chi connectivity index (χ1v) is 3.92. The van der Waals surface area contributed by atoms with Crippen molar-refractivity contribution in [3.8, 4) is 0 Å². The highest BCUT2D eigenvalue weighted by atomic mass is 14.7. The molecule has 0 amide bonds. The van der Waals surface area contributed by atoms with E-state index in [9.17, 15) is 0 Å². The van der Waals surface area contributed by atoms with Gasteiger partial charge in [-0.25, -0.2) is 0 Å². The molecule has 58 valence electrons. The van der Waals surface area contributed by atoms with E-state index in [1.54, 1.807) is 0 Å². The second-order valence-electron chi connectivity index (χ2n) is 2.82. The van der Waals surface area contributed by atoms with E-state index in [-0.39, 0.29) is 0 Å². The molecule has 0 saturated carbocycles. The molecule has 1 aromatic rings. The van der Waals surface area contributed by atoms with Gasteiger partial charge in [-0.15, -0.1) is 5.73 Å². The molecule has 0 spiro atoms. The van der Waals surface area contributed by atoms with Crippen LogP contribution in [-0.2, 0) is 0 Å². The first-order chi connectivity index (χ1) is 5.86. The minimum Gasteiger partial charge on any atom is -0.256 e.